The molecule has 0 spiro atoms. The number of nitrogens with one attached hydrogen (secondary N) is 1. The zero-order valence-corrected chi connectivity index (χ0v) is 12.6. The van der Waals surface area contributed by atoms with Crippen LogP contribution in [0, 0.1) is 6.92 Å². The van der Waals surface area contributed by atoms with Crippen molar-refractivity contribution in [3.8, 4) is 0 Å². The lowest BCUT2D eigenvalue weighted by Gasteiger charge is -2.04. The summed E-state index contributed by atoms with van der Waals surface area (Å²) in [5, 5.41) is 0.172. The quantitative estimate of drug-likeness (QED) is 0.917. The molecular formula is C14H19N3O2S. The van der Waals surface area contributed by atoms with Gasteiger partial charge < -0.3 is 4.40 Å². The molecule has 108 valence electrons. The van der Waals surface area contributed by atoms with E-state index in [-0.39, 0.29) is 11.1 Å². The van der Waals surface area contributed by atoms with Crippen molar-refractivity contribution in [2.75, 3.05) is 0 Å². The van der Waals surface area contributed by atoms with Crippen LogP contribution in [0.5, 0.6) is 0 Å². The van der Waals surface area contributed by atoms with Gasteiger partial charge in [0.05, 0.1) is 5.52 Å². The van der Waals surface area contributed by atoms with Crippen LogP contribution in [0.2, 0.25) is 0 Å². The van der Waals surface area contributed by atoms with E-state index >= 15 is 0 Å². The van der Waals surface area contributed by atoms with Crippen molar-refractivity contribution >= 4 is 15.5 Å². The van der Waals surface area contributed by atoms with Gasteiger partial charge in [-0.25, -0.2) is 18.1 Å². The predicted octanol–water partition coefficient (Wildman–Crippen LogP) is 2.04. The molecule has 2 aromatic heterocycles. The smallest absolute Gasteiger partial charge is 0.260 e. The summed E-state index contributed by atoms with van der Waals surface area (Å²) in [6.07, 6.45) is 5.43. The van der Waals surface area contributed by atoms with Crippen LogP contribution in [0.4, 0.5) is 0 Å². The number of rotatable bonds is 5. The Morgan fingerprint density at radius 1 is 1.45 bits per heavy atom. The van der Waals surface area contributed by atoms with Gasteiger partial charge in [-0.1, -0.05) is 13.0 Å². The Morgan fingerprint density at radius 3 is 2.85 bits per heavy atom. The van der Waals surface area contributed by atoms with E-state index in [0.29, 0.717) is 5.52 Å². The zero-order chi connectivity index (χ0) is 14.3. The normalized spacial score (nSPS) is 15.9. The van der Waals surface area contributed by atoms with Crippen LogP contribution in [0.1, 0.15) is 37.6 Å². The average Bonchev–Trinajstić information content (AvgIpc) is 3.10. The Labute approximate surface area is 119 Å². The standard InChI is InChI=1S/C14H19N3O2S/c1-3-5-12-15-14(20(18,19)16-11-7-8-11)13-10(2)6-4-9-17(12)13/h4,6,9,11,16H,3,5,7-8H2,1-2H3. The number of fused-ring (bicyclic) bond motifs is 1. The first-order valence-electron chi connectivity index (χ1n) is 7.02. The molecule has 1 fully saturated rings. The van der Waals surface area contributed by atoms with Gasteiger partial charge in [-0.2, -0.15) is 0 Å². The summed E-state index contributed by atoms with van der Waals surface area (Å²) >= 11 is 0. The molecular weight excluding hydrogens is 274 g/mol. The summed E-state index contributed by atoms with van der Waals surface area (Å²) in [5.41, 5.74) is 1.63. The number of aryl methyl sites for hydroxylation is 2. The summed E-state index contributed by atoms with van der Waals surface area (Å²) < 4.78 is 29.6. The highest BCUT2D eigenvalue weighted by atomic mass is 32.2. The third-order valence-electron chi connectivity index (χ3n) is 3.53. The van der Waals surface area contributed by atoms with Gasteiger partial charge in [0.25, 0.3) is 10.0 Å². The number of hydrogen-bond acceptors (Lipinski definition) is 3. The van der Waals surface area contributed by atoms with E-state index in [4.69, 9.17) is 0 Å². The average molecular weight is 293 g/mol. The van der Waals surface area contributed by atoms with Crippen molar-refractivity contribution < 1.29 is 8.42 Å². The highest BCUT2D eigenvalue weighted by Gasteiger charge is 2.31. The number of pyridine rings is 1. The van der Waals surface area contributed by atoms with Crippen LogP contribution in [-0.4, -0.2) is 23.8 Å². The van der Waals surface area contributed by atoms with Crippen LogP contribution in [0.25, 0.3) is 5.52 Å². The molecule has 2 heterocycles. The summed E-state index contributed by atoms with van der Waals surface area (Å²) in [7, 11) is -3.53. The molecule has 1 saturated carbocycles. The number of nitrogens with zero attached hydrogens (tertiary/aromatic N) is 2. The maximum atomic E-state index is 12.5. The minimum atomic E-state index is -3.53. The third-order valence-corrected chi connectivity index (χ3v) is 4.97. The number of imidazole rings is 1. The van der Waals surface area contributed by atoms with Crippen LogP contribution in [-0.2, 0) is 16.4 Å². The first-order chi connectivity index (χ1) is 9.53. The lowest BCUT2D eigenvalue weighted by atomic mass is 10.2. The molecule has 2 aromatic rings. The summed E-state index contributed by atoms with van der Waals surface area (Å²) in [6, 6.07) is 3.94. The SMILES string of the molecule is CCCc1nc(S(=O)(=O)NC2CC2)c2c(C)cccn12. The second kappa shape index (κ2) is 4.86. The Hall–Kier alpha value is -1.40. The number of hydrogen-bond donors (Lipinski definition) is 1. The van der Waals surface area contributed by atoms with E-state index in [2.05, 4.69) is 16.6 Å². The molecule has 0 aliphatic heterocycles. The first-order valence-corrected chi connectivity index (χ1v) is 8.50. The fraction of sp³-hybridized carbons (Fsp3) is 0.500. The van der Waals surface area contributed by atoms with Crippen LogP contribution in [0.15, 0.2) is 23.4 Å². The van der Waals surface area contributed by atoms with Gasteiger partial charge >= 0.3 is 0 Å². The highest BCUT2D eigenvalue weighted by molar-refractivity contribution is 7.89. The molecule has 0 radical (unpaired) electrons. The second-order valence-corrected chi connectivity index (χ2v) is 7.02. The molecule has 0 atom stereocenters. The van der Waals surface area contributed by atoms with Crippen molar-refractivity contribution in [1.29, 1.82) is 0 Å². The molecule has 1 aliphatic rings. The molecule has 0 saturated heterocycles. The molecule has 5 nitrogen and oxygen atoms in total. The van der Waals surface area contributed by atoms with Crippen LogP contribution < -0.4 is 4.72 Å². The Kier molecular flexibility index (Phi) is 3.30. The van der Waals surface area contributed by atoms with Gasteiger partial charge in [0, 0.05) is 18.7 Å². The fourth-order valence-electron chi connectivity index (χ4n) is 2.39. The minimum absolute atomic E-state index is 0.0930. The lowest BCUT2D eigenvalue weighted by Crippen LogP contribution is -2.26. The van der Waals surface area contributed by atoms with E-state index in [1.54, 1.807) is 0 Å². The van der Waals surface area contributed by atoms with Crippen LogP contribution in [0.3, 0.4) is 0 Å². The second-order valence-electron chi connectivity index (χ2n) is 5.39. The van der Waals surface area contributed by atoms with Crippen molar-refractivity contribution in [3.63, 3.8) is 0 Å². The molecule has 1 aliphatic carbocycles. The minimum Gasteiger partial charge on any atom is -0.302 e. The topological polar surface area (TPSA) is 63.5 Å². The van der Waals surface area contributed by atoms with Crippen molar-refractivity contribution in [2.24, 2.45) is 0 Å². The third kappa shape index (κ3) is 2.33. The fourth-order valence-corrected chi connectivity index (χ4v) is 3.92. The van der Waals surface area contributed by atoms with E-state index in [9.17, 15) is 8.42 Å². The van der Waals surface area contributed by atoms with Gasteiger partial charge in [-0.15, -0.1) is 0 Å². The van der Waals surface area contributed by atoms with Crippen molar-refractivity contribution in [1.82, 2.24) is 14.1 Å². The summed E-state index contributed by atoms with van der Waals surface area (Å²) in [6.45, 7) is 3.98. The molecule has 1 N–H and O–H groups in total. The molecule has 0 unspecified atom stereocenters. The zero-order valence-electron chi connectivity index (χ0n) is 11.8. The summed E-state index contributed by atoms with van der Waals surface area (Å²) in [5.74, 6) is 0.808. The van der Waals surface area contributed by atoms with Gasteiger partial charge in [0.15, 0.2) is 5.03 Å². The van der Waals surface area contributed by atoms with Crippen molar-refractivity contribution in [3.05, 3.63) is 29.7 Å². The maximum Gasteiger partial charge on any atom is 0.260 e. The van der Waals surface area contributed by atoms with E-state index < -0.39 is 10.0 Å². The van der Waals surface area contributed by atoms with Gasteiger partial charge in [0.2, 0.25) is 0 Å². The van der Waals surface area contributed by atoms with E-state index in [1.165, 1.54) is 0 Å². The van der Waals surface area contributed by atoms with Crippen molar-refractivity contribution in [2.45, 2.75) is 50.6 Å². The van der Waals surface area contributed by atoms with Gasteiger partial charge in [-0.05, 0) is 37.8 Å². The molecule has 0 bridgehead atoms. The molecule has 20 heavy (non-hydrogen) atoms. The number of aromatic nitrogens is 2. The first kappa shape index (κ1) is 13.6. The molecule has 0 aromatic carbocycles. The lowest BCUT2D eigenvalue weighted by molar-refractivity contribution is 0.578. The predicted molar refractivity (Wildman–Crippen MR) is 77.3 cm³/mol. The summed E-state index contributed by atoms with van der Waals surface area (Å²) in [4.78, 5) is 4.40. The molecule has 0 amide bonds. The van der Waals surface area contributed by atoms with E-state index in [0.717, 1.165) is 37.1 Å². The Morgan fingerprint density at radius 2 is 2.20 bits per heavy atom. The largest absolute Gasteiger partial charge is 0.302 e. The van der Waals surface area contributed by atoms with E-state index in [1.807, 2.05) is 29.7 Å². The molecule has 3 rings (SSSR count). The number of sulfonamides is 1. The monoisotopic (exact) mass is 293 g/mol. The van der Waals surface area contributed by atoms with Crippen LogP contribution >= 0.6 is 0 Å². The molecule has 6 heteroatoms. The van der Waals surface area contributed by atoms with Gasteiger partial charge in [-0.3, -0.25) is 0 Å². The maximum absolute atomic E-state index is 12.5. The Bertz CT molecular complexity index is 745. The highest BCUT2D eigenvalue weighted by Crippen LogP contribution is 2.26. The van der Waals surface area contributed by atoms with Gasteiger partial charge in [0.1, 0.15) is 5.82 Å². The Balaban J connectivity index is 2.19.